The highest BCUT2D eigenvalue weighted by molar-refractivity contribution is 7.92. The van der Waals surface area contributed by atoms with Gasteiger partial charge >= 0.3 is 0 Å². The van der Waals surface area contributed by atoms with Crippen molar-refractivity contribution >= 4 is 15.7 Å². The number of benzene rings is 1. The SMILES string of the molecule is Cc1cnccc1NS(=O)(=O)c1ccccc1CO. The van der Waals surface area contributed by atoms with Crippen molar-refractivity contribution in [2.24, 2.45) is 0 Å². The van der Waals surface area contributed by atoms with Crippen molar-refractivity contribution in [3.63, 3.8) is 0 Å². The molecule has 0 spiro atoms. The van der Waals surface area contributed by atoms with Crippen LogP contribution in [-0.4, -0.2) is 18.5 Å². The first-order valence-electron chi connectivity index (χ1n) is 5.67. The zero-order valence-electron chi connectivity index (χ0n) is 10.4. The highest BCUT2D eigenvalue weighted by Gasteiger charge is 2.18. The molecule has 0 atom stereocenters. The minimum Gasteiger partial charge on any atom is -0.392 e. The molecule has 1 heterocycles. The highest BCUT2D eigenvalue weighted by atomic mass is 32.2. The lowest BCUT2D eigenvalue weighted by molar-refractivity contribution is 0.278. The molecule has 2 rings (SSSR count). The molecule has 1 aromatic carbocycles. The van der Waals surface area contributed by atoms with Crippen molar-refractivity contribution in [2.75, 3.05) is 4.72 Å². The maximum absolute atomic E-state index is 12.3. The molecule has 0 radical (unpaired) electrons. The predicted octanol–water partition coefficient (Wildman–Crippen LogP) is 1.68. The van der Waals surface area contributed by atoms with Gasteiger partial charge in [-0.25, -0.2) is 8.42 Å². The second kappa shape index (κ2) is 5.38. The fourth-order valence-electron chi connectivity index (χ4n) is 1.68. The second-order valence-electron chi connectivity index (χ2n) is 4.06. The monoisotopic (exact) mass is 278 g/mol. The van der Waals surface area contributed by atoms with Gasteiger partial charge in [-0.1, -0.05) is 18.2 Å². The highest BCUT2D eigenvalue weighted by Crippen LogP contribution is 2.21. The van der Waals surface area contributed by atoms with Crippen molar-refractivity contribution < 1.29 is 13.5 Å². The Balaban J connectivity index is 2.41. The van der Waals surface area contributed by atoms with Gasteiger partial charge in [0.05, 0.1) is 17.2 Å². The summed E-state index contributed by atoms with van der Waals surface area (Å²) in [5.41, 5.74) is 1.57. The molecule has 2 N–H and O–H groups in total. The summed E-state index contributed by atoms with van der Waals surface area (Å²) in [6.07, 6.45) is 3.10. The first kappa shape index (κ1) is 13.5. The van der Waals surface area contributed by atoms with E-state index >= 15 is 0 Å². The Labute approximate surface area is 112 Å². The Hall–Kier alpha value is -1.92. The Bertz CT molecular complexity index is 684. The van der Waals surface area contributed by atoms with E-state index in [0.29, 0.717) is 11.3 Å². The Morgan fingerprint density at radius 3 is 2.68 bits per heavy atom. The molecule has 0 fully saturated rings. The van der Waals surface area contributed by atoms with E-state index in [1.54, 1.807) is 37.4 Å². The summed E-state index contributed by atoms with van der Waals surface area (Å²) in [6, 6.07) is 7.93. The number of nitrogens with zero attached hydrogens (tertiary/aromatic N) is 1. The van der Waals surface area contributed by atoms with Crippen LogP contribution in [0.15, 0.2) is 47.6 Å². The molecule has 5 nitrogen and oxygen atoms in total. The average Bonchev–Trinajstić information content (AvgIpc) is 2.41. The van der Waals surface area contributed by atoms with Crippen molar-refractivity contribution in [3.05, 3.63) is 53.9 Å². The number of pyridine rings is 1. The van der Waals surface area contributed by atoms with Crippen LogP contribution >= 0.6 is 0 Å². The number of anilines is 1. The van der Waals surface area contributed by atoms with Crippen LogP contribution in [0.1, 0.15) is 11.1 Å². The van der Waals surface area contributed by atoms with Crippen molar-refractivity contribution in [1.82, 2.24) is 4.98 Å². The van der Waals surface area contributed by atoms with Crippen LogP contribution in [0.5, 0.6) is 0 Å². The van der Waals surface area contributed by atoms with Gasteiger partial charge in [-0.2, -0.15) is 0 Å². The molecule has 0 aliphatic rings. The van der Waals surface area contributed by atoms with Crippen molar-refractivity contribution in [2.45, 2.75) is 18.4 Å². The smallest absolute Gasteiger partial charge is 0.262 e. The predicted molar refractivity (Wildman–Crippen MR) is 72.1 cm³/mol. The number of hydrogen-bond donors (Lipinski definition) is 2. The quantitative estimate of drug-likeness (QED) is 0.892. The standard InChI is InChI=1S/C13H14N2O3S/c1-10-8-14-7-6-12(10)15-19(17,18)13-5-3-2-4-11(13)9-16/h2-8,16H,9H2,1H3,(H,14,15). The maximum atomic E-state index is 12.3. The van der Waals surface area contributed by atoms with Crippen LogP contribution in [0.25, 0.3) is 0 Å². The van der Waals surface area contributed by atoms with Crippen molar-refractivity contribution in [1.29, 1.82) is 0 Å². The molecule has 100 valence electrons. The van der Waals surface area contributed by atoms with Gasteiger partial charge in [-0.05, 0) is 30.2 Å². The van der Waals surface area contributed by atoms with E-state index in [1.807, 2.05) is 0 Å². The third kappa shape index (κ3) is 2.91. The molecule has 1 aromatic heterocycles. The molecular formula is C13H14N2O3S. The topological polar surface area (TPSA) is 79.3 Å². The maximum Gasteiger partial charge on any atom is 0.262 e. The molecule has 0 amide bonds. The van der Waals surface area contributed by atoms with Crippen LogP contribution in [0.3, 0.4) is 0 Å². The molecule has 0 aliphatic carbocycles. The summed E-state index contributed by atoms with van der Waals surface area (Å²) in [4.78, 5) is 3.98. The lowest BCUT2D eigenvalue weighted by Crippen LogP contribution is -2.15. The summed E-state index contributed by atoms with van der Waals surface area (Å²) < 4.78 is 27.1. The Kier molecular flexibility index (Phi) is 3.82. The van der Waals surface area contributed by atoms with Gasteiger partial charge in [0.25, 0.3) is 10.0 Å². The number of aliphatic hydroxyl groups is 1. The third-order valence-electron chi connectivity index (χ3n) is 2.70. The molecule has 0 unspecified atom stereocenters. The van der Waals surface area contributed by atoms with Gasteiger partial charge in [-0.3, -0.25) is 9.71 Å². The Morgan fingerprint density at radius 1 is 1.26 bits per heavy atom. The zero-order chi connectivity index (χ0) is 13.9. The summed E-state index contributed by atoms with van der Waals surface area (Å²) in [5, 5.41) is 9.20. The minimum atomic E-state index is -3.72. The van der Waals surface area contributed by atoms with Gasteiger partial charge in [0.15, 0.2) is 0 Å². The van der Waals surface area contributed by atoms with Crippen LogP contribution in [0.4, 0.5) is 5.69 Å². The van der Waals surface area contributed by atoms with Gasteiger partial charge in [0.1, 0.15) is 0 Å². The second-order valence-corrected chi connectivity index (χ2v) is 5.71. The molecule has 0 saturated carbocycles. The van der Waals surface area contributed by atoms with Crippen molar-refractivity contribution in [3.8, 4) is 0 Å². The van der Waals surface area contributed by atoms with E-state index in [9.17, 15) is 13.5 Å². The van der Waals surface area contributed by atoms with Crippen LogP contribution in [0.2, 0.25) is 0 Å². The number of hydrogen-bond acceptors (Lipinski definition) is 4. The van der Waals surface area contributed by atoms with Crippen LogP contribution < -0.4 is 4.72 Å². The van der Waals surface area contributed by atoms with Gasteiger partial charge < -0.3 is 5.11 Å². The minimum absolute atomic E-state index is 0.0775. The number of rotatable bonds is 4. The van der Waals surface area contributed by atoms with E-state index < -0.39 is 10.0 Å². The first-order chi connectivity index (χ1) is 9.04. The van der Waals surface area contributed by atoms with Gasteiger partial charge in [0.2, 0.25) is 0 Å². The van der Waals surface area contributed by atoms with E-state index in [-0.39, 0.29) is 11.5 Å². The normalized spacial score (nSPS) is 11.3. The largest absolute Gasteiger partial charge is 0.392 e. The molecule has 6 heteroatoms. The molecule has 2 aromatic rings. The summed E-state index contributed by atoms with van der Waals surface area (Å²) in [5.74, 6) is 0. The zero-order valence-corrected chi connectivity index (χ0v) is 11.2. The fraction of sp³-hybridized carbons (Fsp3) is 0.154. The fourth-order valence-corrected chi connectivity index (χ4v) is 3.05. The number of aliphatic hydroxyl groups excluding tert-OH is 1. The summed E-state index contributed by atoms with van der Waals surface area (Å²) in [7, 11) is -3.72. The average molecular weight is 278 g/mol. The number of sulfonamides is 1. The van der Waals surface area contributed by atoms with E-state index in [0.717, 1.165) is 5.56 Å². The van der Waals surface area contributed by atoms with E-state index in [1.165, 1.54) is 12.3 Å². The Morgan fingerprint density at radius 2 is 2.00 bits per heavy atom. The first-order valence-corrected chi connectivity index (χ1v) is 7.15. The van der Waals surface area contributed by atoms with Crippen LogP contribution in [0, 0.1) is 6.92 Å². The molecule has 0 aliphatic heterocycles. The molecular weight excluding hydrogens is 264 g/mol. The lowest BCUT2D eigenvalue weighted by atomic mass is 10.2. The molecule has 0 saturated heterocycles. The van der Waals surface area contributed by atoms with Crippen LogP contribution in [-0.2, 0) is 16.6 Å². The van der Waals surface area contributed by atoms with Gasteiger partial charge in [-0.15, -0.1) is 0 Å². The summed E-state index contributed by atoms with van der Waals surface area (Å²) >= 11 is 0. The third-order valence-corrected chi connectivity index (χ3v) is 4.16. The molecule has 0 bridgehead atoms. The lowest BCUT2D eigenvalue weighted by Gasteiger charge is -2.12. The number of aryl methyl sites for hydroxylation is 1. The number of aromatic nitrogens is 1. The van der Waals surface area contributed by atoms with Gasteiger partial charge in [0, 0.05) is 12.4 Å². The number of nitrogens with one attached hydrogen (secondary N) is 1. The van der Waals surface area contributed by atoms with E-state index in [2.05, 4.69) is 9.71 Å². The molecule has 19 heavy (non-hydrogen) atoms. The van der Waals surface area contributed by atoms with E-state index in [4.69, 9.17) is 0 Å². The summed E-state index contributed by atoms with van der Waals surface area (Å²) in [6.45, 7) is 1.44.